The van der Waals surface area contributed by atoms with Crippen molar-refractivity contribution in [3.63, 3.8) is 0 Å². The first-order valence-corrected chi connectivity index (χ1v) is 10.5. The molecule has 0 saturated carbocycles. The molecule has 0 fully saturated rings. The van der Waals surface area contributed by atoms with Crippen LogP contribution in [0, 0.1) is 0 Å². The van der Waals surface area contributed by atoms with Crippen molar-refractivity contribution >= 4 is 27.4 Å². The summed E-state index contributed by atoms with van der Waals surface area (Å²) in [5, 5.41) is 0. The van der Waals surface area contributed by atoms with E-state index < -0.39 is 27.4 Å². The molecule has 0 aromatic carbocycles. The summed E-state index contributed by atoms with van der Waals surface area (Å²) < 4.78 is 11.2. The zero-order valence-electron chi connectivity index (χ0n) is 7.75. The van der Waals surface area contributed by atoms with Crippen molar-refractivity contribution in [2.45, 2.75) is 32.7 Å². The SMILES string of the molecule is C[Si](C)O[Si](C)O[SiH](C)C.[Ru]. The van der Waals surface area contributed by atoms with Crippen LogP contribution in [-0.4, -0.2) is 27.4 Å². The van der Waals surface area contributed by atoms with E-state index in [1.165, 1.54) is 0 Å². The molecular weight excluding hydrogens is 277 g/mol. The average Bonchev–Trinajstić information content (AvgIpc) is 1.58. The summed E-state index contributed by atoms with van der Waals surface area (Å²) in [6.45, 7) is 10.7. The van der Waals surface area contributed by atoms with Crippen molar-refractivity contribution in [2.24, 2.45) is 0 Å². The van der Waals surface area contributed by atoms with E-state index >= 15 is 0 Å². The Kier molecular flexibility index (Phi) is 10.5. The van der Waals surface area contributed by atoms with Crippen molar-refractivity contribution in [3.05, 3.63) is 0 Å². The van der Waals surface area contributed by atoms with Crippen molar-refractivity contribution in [3.8, 4) is 0 Å². The molecule has 0 amide bonds. The summed E-state index contributed by atoms with van der Waals surface area (Å²) in [4.78, 5) is 0. The van der Waals surface area contributed by atoms with Gasteiger partial charge in [-0.15, -0.1) is 0 Å². The summed E-state index contributed by atoms with van der Waals surface area (Å²) in [6.07, 6.45) is 0. The summed E-state index contributed by atoms with van der Waals surface area (Å²) in [7, 11) is -2.27. The second kappa shape index (κ2) is 7.82. The first-order chi connectivity index (χ1) is 4.52. The molecule has 0 aromatic heterocycles. The van der Waals surface area contributed by atoms with E-state index in [0.29, 0.717) is 0 Å². The Hall–Kier alpha value is 1.19. The van der Waals surface area contributed by atoms with Crippen molar-refractivity contribution in [2.75, 3.05) is 0 Å². The van der Waals surface area contributed by atoms with Crippen LogP contribution in [0.25, 0.3) is 0 Å². The minimum absolute atomic E-state index is 0. The predicted octanol–water partition coefficient (Wildman–Crippen LogP) is 1.37. The van der Waals surface area contributed by atoms with E-state index in [4.69, 9.17) is 8.23 Å². The van der Waals surface area contributed by atoms with Crippen LogP contribution in [0.5, 0.6) is 0 Å². The first-order valence-electron chi connectivity index (χ1n) is 3.50. The molecule has 68 valence electrons. The van der Waals surface area contributed by atoms with E-state index in [0.717, 1.165) is 0 Å². The van der Waals surface area contributed by atoms with E-state index in [1.54, 1.807) is 0 Å². The van der Waals surface area contributed by atoms with Crippen LogP contribution < -0.4 is 0 Å². The maximum atomic E-state index is 5.60. The van der Waals surface area contributed by atoms with Gasteiger partial charge in [0.15, 0.2) is 18.1 Å². The Morgan fingerprint density at radius 3 is 1.82 bits per heavy atom. The van der Waals surface area contributed by atoms with E-state index in [-0.39, 0.29) is 19.5 Å². The topological polar surface area (TPSA) is 18.5 Å². The number of rotatable bonds is 4. The van der Waals surface area contributed by atoms with Crippen LogP contribution in [-0.2, 0) is 27.7 Å². The average molecular weight is 294 g/mol. The minimum atomic E-state index is -0.882. The zero-order valence-corrected chi connectivity index (χ0v) is 12.6. The molecular formula is C5H16O2RuSi3. The summed E-state index contributed by atoms with van der Waals surface area (Å²) in [5.74, 6) is 0. The summed E-state index contributed by atoms with van der Waals surface area (Å²) in [6, 6.07) is 0. The van der Waals surface area contributed by atoms with Crippen molar-refractivity contribution in [1.29, 1.82) is 0 Å². The predicted molar refractivity (Wildman–Crippen MR) is 50.1 cm³/mol. The van der Waals surface area contributed by atoms with Gasteiger partial charge in [-0.05, 0) is 32.7 Å². The quantitative estimate of drug-likeness (QED) is 0.729. The minimum Gasteiger partial charge on any atom is -0.439 e. The van der Waals surface area contributed by atoms with Gasteiger partial charge < -0.3 is 8.23 Å². The molecule has 0 saturated heterocycles. The van der Waals surface area contributed by atoms with Gasteiger partial charge >= 0.3 is 9.28 Å². The van der Waals surface area contributed by atoms with Crippen molar-refractivity contribution < 1.29 is 27.7 Å². The van der Waals surface area contributed by atoms with Crippen LogP contribution >= 0.6 is 0 Å². The molecule has 0 heterocycles. The largest absolute Gasteiger partial charge is 0.439 e. The molecule has 6 heteroatoms. The van der Waals surface area contributed by atoms with Gasteiger partial charge in [0.25, 0.3) is 0 Å². The molecule has 2 nitrogen and oxygen atoms in total. The Morgan fingerprint density at radius 1 is 1.09 bits per heavy atom. The van der Waals surface area contributed by atoms with Gasteiger partial charge in [0.2, 0.25) is 0 Å². The number of hydrogen-bond donors (Lipinski definition) is 0. The maximum absolute atomic E-state index is 5.60. The molecule has 0 aliphatic heterocycles. The zero-order chi connectivity index (χ0) is 8.15. The second-order valence-electron chi connectivity index (χ2n) is 2.67. The third-order valence-electron chi connectivity index (χ3n) is 0.750. The summed E-state index contributed by atoms with van der Waals surface area (Å²) >= 11 is 0. The van der Waals surface area contributed by atoms with E-state index in [9.17, 15) is 0 Å². The van der Waals surface area contributed by atoms with Gasteiger partial charge in [-0.3, -0.25) is 0 Å². The summed E-state index contributed by atoms with van der Waals surface area (Å²) in [5.41, 5.74) is 0. The third kappa shape index (κ3) is 11.2. The Balaban J connectivity index is 0. The van der Waals surface area contributed by atoms with Crippen LogP contribution in [0.15, 0.2) is 0 Å². The monoisotopic (exact) mass is 294 g/mol. The second-order valence-corrected chi connectivity index (χ2v) is 9.32. The van der Waals surface area contributed by atoms with Crippen LogP contribution in [0.1, 0.15) is 0 Å². The molecule has 11 heavy (non-hydrogen) atoms. The van der Waals surface area contributed by atoms with Gasteiger partial charge in [0, 0.05) is 19.5 Å². The Bertz CT molecular complexity index is 81.8. The fourth-order valence-corrected chi connectivity index (χ4v) is 6.22. The molecule has 0 aromatic rings. The normalized spacial score (nSPS) is 10.9. The molecule has 0 aliphatic carbocycles. The molecule has 0 rings (SSSR count). The van der Waals surface area contributed by atoms with E-state index in [2.05, 4.69) is 32.7 Å². The van der Waals surface area contributed by atoms with Gasteiger partial charge in [-0.1, -0.05) is 0 Å². The Labute approximate surface area is 87.7 Å². The third-order valence-corrected chi connectivity index (χ3v) is 6.75. The van der Waals surface area contributed by atoms with Crippen LogP contribution in [0.2, 0.25) is 32.7 Å². The molecule has 0 spiro atoms. The first kappa shape index (κ1) is 14.7. The van der Waals surface area contributed by atoms with Gasteiger partial charge in [0.05, 0.1) is 0 Å². The maximum Gasteiger partial charge on any atom is 0.358 e. The molecule has 0 unspecified atom stereocenters. The van der Waals surface area contributed by atoms with Crippen LogP contribution in [0.3, 0.4) is 0 Å². The van der Waals surface area contributed by atoms with Crippen molar-refractivity contribution in [1.82, 2.24) is 0 Å². The fourth-order valence-electron chi connectivity index (χ4n) is 0.643. The molecule has 0 atom stereocenters. The fraction of sp³-hybridized carbons (Fsp3) is 1.00. The molecule has 0 N–H and O–H groups in total. The van der Waals surface area contributed by atoms with Gasteiger partial charge in [-0.2, -0.15) is 0 Å². The smallest absolute Gasteiger partial charge is 0.358 e. The number of hydrogen-bond acceptors (Lipinski definition) is 2. The van der Waals surface area contributed by atoms with Gasteiger partial charge in [-0.25, -0.2) is 0 Å². The molecule has 2 radical (unpaired) electrons. The molecule has 0 bridgehead atoms. The standard InChI is InChI=1S/C5H16O2Si3.Ru/c1-8(2)6-10(5)7-9(3)4;/h8H,1-5H3;. The van der Waals surface area contributed by atoms with E-state index in [1.807, 2.05) is 0 Å². The van der Waals surface area contributed by atoms with Crippen LogP contribution in [0.4, 0.5) is 0 Å². The Morgan fingerprint density at radius 2 is 1.55 bits per heavy atom. The van der Waals surface area contributed by atoms with Gasteiger partial charge in [0.1, 0.15) is 0 Å². The molecule has 0 aliphatic rings.